The van der Waals surface area contributed by atoms with E-state index in [1.165, 1.54) is 0 Å². The SMILES string of the molecule is CCCOC(=O)C1=CN(C(=O)c2cccc(CN3CCN(C(=O)OC(C)(C)C)CC3)c2)CC(C)(C)c2c1[nH]c1ccccc21. The number of piperazine rings is 1. The van der Waals surface area contributed by atoms with Gasteiger partial charge >= 0.3 is 12.1 Å². The van der Waals surface area contributed by atoms with Gasteiger partial charge in [0.2, 0.25) is 0 Å². The van der Waals surface area contributed by atoms with Crippen LogP contribution >= 0.6 is 0 Å². The van der Waals surface area contributed by atoms with Crippen LogP contribution in [-0.2, 0) is 26.2 Å². The first-order valence-electron chi connectivity index (χ1n) is 15.5. The van der Waals surface area contributed by atoms with E-state index >= 15 is 0 Å². The van der Waals surface area contributed by atoms with Gasteiger partial charge in [-0.05, 0) is 56.5 Å². The number of para-hydroxylation sites is 1. The monoisotopic (exact) mass is 600 g/mol. The Morgan fingerprint density at radius 3 is 2.41 bits per heavy atom. The Kier molecular flexibility index (Phi) is 8.88. The Morgan fingerprint density at radius 2 is 1.70 bits per heavy atom. The highest BCUT2D eigenvalue weighted by Gasteiger charge is 2.37. The number of hydrogen-bond donors (Lipinski definition) is 1. The Morgan fingerprint density at radius 1 is 0.977 bits per heavy atom. The van der Waals surface area contributed by atoms with Gasteiger partial charge in [0, 0.05) is 67.3 Å². The molecule has 0 bridgehead atoms. The normalized spacial score (nSPS) is 17.1. The number of fused-ring (bicyclic) bond motifs is 3. The molecule has 2 aromatic carbocycles. The number of rotatable bonds is 6. The minimum Gasteiger partial charge on any atom is -0.462 e. The molecule has 2 aliphatic heterocycles. The van der Waals surface area contributed by atoms with Crippen LogP contribution in [0.1, 0.15) is 75.1 Å². The lowest BCUT2D eigenvalue weighted by Gasteiger charge is -2.35. The van der Waals surface area contributed by atoms with Crippen LogP contribution in [0.3, 0.4) is 0 Å². The molecule has 0 saturated carbocycles. The predicted octanol–water partition coefficient (Wildman–Crippen LogP) is 5.95. The van der Waals surface area contributed by atoms with Gasteiger partial charge in [-0.15, -0.1) is 0 Å². The fraction of sp³-hybridized carbons (Fsp3) is 0.457. The molecule has 5 rings (SSSR count). The first kappa shape index (κ1) is 31.3. The third-order valence-electron chi connectivity index (χ3n) is 8.02. The molecule has 2 amide bonds. The van der Waals surface area contributed by atoms with E-state index in [1.807, 2.05) is 70.2 Å². The van der Waals surface area contributed by atoms with E-state index in [0.29, 0.717) is 56.0 Å². The highest BCUT2D eigenvalue weighted by Crippen LogP contribution is 2.40. The van der Waals surface area contributed by atoms with Crippen LogP contribution < -0.4 is 0 Å². The number of carbonyl (C=O) groups is 3. The number of aromatic amines is 1. The molecule has 1 N–H and O–H groups in total. The minimum atomic E-state index is -0.521. The maximum atomic E-state index is 14.1. The number of amides is 2. The van der Waals surface area contributed by atoms with Crippen LogP contribution in [-0.4, -0.2) is 82.6 Å². The second-order valence-electron chi connectivity index (χ2n) is 13.4. The zero-order valence-electron chi connectivity index (χ0n) is 26.7. The number of esters is 1. The van der Waals surface area contributed by atoms with Gasteiger partial charge in [0.1, 0.15) is 5.60 Å². The van der Waals surface area contributed by atoms with E-state index in [4.69, 9.17) is 9.47 Å². The van der Waals surface area contributed by atoms with Crippen molar-refractivity contribution in [2.24, 2.45) is 0 Å². The smallest absolute Gasteiger partial charge is 0.410 e. The topological polar surface area (TPSA) is 95.2 Å². The van der Waals surface area contributed by atoms with Crippen molar-refractivity contribution in [1.29, 1.82) is 0 Å². The Hall–Kier alpha value is -4.11. The molecule has 234 valence electrons. The first-order chi connectivity index (χ1) is 20.9. The van der Waals surface area contributed by atoms with Crippen LogP contribution in [0.15, 0.2) is 54.7 Å². The number of nitrogens with one attached hydrogen (secondary N) is 1. The number of hydrogen-bond acceptors (Lipinski definition) is 6. The van der Waals surface area contributed by atoms with Gasteiger partial charge in [-0.3, -0.25) is 9.69 Å². The second-order valence-corrected chi connectivity index (χ2v) is 13.4. The third kappa shape index (κ3) is 6.83. The highest BCUT2D eigenvalue weighted by molar-refractivity contribution is 6.18. The lowest BCUT2D eigenvalue weighted by atomic mass is 9.81. The molecule has 2 aliphatic rings. The van der Waals surface area contributed by atoms with Crippen LogP contribution in [0.2, 0.25) is 0 Å². The zero-order chi connectivity index (χ0) is 31.6. The van der Waals surface area contributed by atoms with Gasteiger partial charge in [-0.25, -0.2) is 9.59 Å². The summed E-state index contributed by atoms with van der Waals surface area (Å²) in [6, 6.07) is 15.7. The molecule has 9 heteroatoms. The summed E-state index contributed by atoms with van der Waals surface area (Å²) in [6.45, 7) is 15.7. The molecule has 1 aromatic heterocycles. The van der Waals surface area contributed by atoms with Gasteiger partial charge in [0.05, 0.1) is 17.9 Å². The number of H-pyrrole nitrogens is 1. The average molecular weight is 601 g/mol. The van der Waals surface area contributed by atoms with Crippen molar-refractivity contribution >= 4 is 34.4 Å². The van der Waals surface area contributed by atoms with E-state index in [-0.39, 0.29) is 12.0 Å². The molecule has 0 aliphatic carbocycles. The minimum absolute atomic E-state index is 0.176. The van der Waals surface area contributed by atoms with Crippen molar-refractivity contribution in [2.75, 3.05) is 39.3 Å². The van der Waals surface area contributed by atoms with Gasteiger partial charge < -0.3 is 24.3 Å². The summed E-state index contributed by atoms with van der Waals surface area (Å²) in [5.41, 5.74) is 3.58. The van der Waals surface area contributed by atoms with E-state index < -0.39 is 17.0 Å². The molecule has 3 aromatic rings. The Balaban J connectivity index is 1.37. The largest absolute Gasteiger partial charge is 0.462 e. The molecular weight excluding hydrogens is 556 g/mol. The van der Waals surface area contributed by atoms with Crippen molar-refractivity contribution in [1.82, 2.24) is 19.7 Å². The summed E-state index contributed by atoms with van der Waals surface area (Å²) in [5, 5.41) is 1.03. The molecular formula is C35H44N4O5. The molecule has 0 spiro atoms. The number of carbonyl (C=O) groups excluding carboxylic acids is 3. The van der Waals surface area contributed by atoms with Gasteiger partial charge in [-0.2, -0.15) is 0 Å². The predicted molar refractivity (Wildman–Crippen MR) is 171 cm³/mol. The van der Waals surface area contributed by atoms with Crippen molar-refractivity contribution in [3.8, 4) is 0 Å². The molecule has 0 radical (unpaired) electrons. The first-order valence-corrected chi connectivity index (χ1v) is 15.5. The summed E-state index contributed by atoms with van der Waals surface area (Å²) >= 11 is 0. The molecule has 3 heterocycles. The second kappa shape index (κ2) is 12.5. The fourth-order valence-corrected chi connectivity index (χ4v) is 6.02. The quantitative estimate of drug-likeness (QED) is 0.352. The fourth-order valence-electron chi connectivity index (χ4n) is 6.02. The lowest BCUT2D eigenvalue weighted by molar-refractivity contribution is -0.136. The number of ether oxygens (including phenoxy) is 2. The number of nitrogens with zero attached hydrogens (tertiary/aromatic N) is 3. The van der Waals surface area contributed by atoms with Crippen LogP contribution in [0, 0.1) is 0 Å². The van der Waals surface area contributed by atoms with Crippen molar-refractivity contribution in [3.63, 3.8) is 0 Å². The summed E-state index contributed by atoms with van der Waals surface area (Å²) in [7, 11) is 0. The van der Waals surface area contributed by atoms with Gasteiger partial charge in [0.15, 0.2) is 0 Å². The molecule has 1 saturated heterocycles. The standard InChI is InChI=1S/C35H44N4O5/c1-7-19-43-32(41)27-22-39(23-35(5,6)29-26-13-8-9-14-28(26)36-30(27)29)31(40)25-12-10-11-24(20-25)21-37-15-17-38(18-16-37)33(42)44-34(2,3)4/h8-14,20,22,36H,7,15-19,21,23H2,1-6H3. The highest BCUT2D eigenvalue weighted by atomic mass is 16.6. The van der Waals surface area contributed by atoms with Gasteiger partial charge in [0.25, 0.3) is 5.91 Å². The summed E-state index contributed by atoms with van der Waals surface area (Å²) in [6.07, 6.45) is 2.08. The van der Waals surface area contributed by atoms with Crippen molar-refractivity contribution in [2.45, 2.75) is 65.5 Å². The van der Waals surface area contributed by atoms with E-state index in [2.05, 4.69) is 29.8 Å². The average Bonchev–Trinajstić information content (AvgIpc) is 3.32. The Labute approximate surface area is 259 Å². The van der Waals surface area contributed by atoms with Crippen LogP contribution in [0.4, 0.5) is 4.79 Å². The third-order valence-corrected chi connectivity index (χ3v) is 8.02. The molecule has 0 atom stereocenters. The van der Waals surface area contributed by atoms with Crippen molar-refractivity contribution in [3.05, 3.63) is 77.1 Å². The summed E-state index contributed by atoms with van der Waals surface area (Å²) in [5.74, 6) is -0.626. The lowest BCUT2D eigenvalue weighted by Crippen LogP contribution is -2.49. The van der Waals surface area contributed by atoms with E-state index in [0.717, 1.165) is 35.1 Å². The van der Waals surface area contributed by atoms with Gasteiger partial charge in [-0.1, -0.05) is 51.1 Å². The van der Waals surface area contributed by atoms with E-state index in [9.17, 15) is 14.4 Å². The van der Waals surface area contributed by atoms with E-state index in [1.54, 1.807) is 16.0 Å². The maximum Gasteiger partial charge on any atom is 0.410 e. The molecule has 1 fully saturated rings. The maximum absolute atomic E-state index is 14.1. The Bertz CT molecular complexity index is 1570. The van der Waals surface area contributed by atoms with Crippen LogP contribution in [0.25, 0.3) is 16.5 Å². The number of benzene rings is 2. The van der Waals surface area contributed by atoms with Crippen LogP contribution in [0.5, 0.6) is 0 Å². The molecule has 0 unspecified atom stereocenters. The summed E-state index contributed by atoms with van der Waals surface area (Å²) < 4.78 is 11.1. The zero-order valence-corrected chi connectivity index (χ0v) is 26.7. The number of aromatic nitrogens is 1. The molecule has 44 heavy (non-hydrogen) atoms. The summed E-state index contributed by atoms with van der Waals surface area (Å²) in [4.78, 5) is 49.1. The van der Waals surface area contributed by atoms with Crippen molar-refractivity contribution < 1.29 is 23.9 Å². The molecule has 9 nitrogen and oxygen atoms in total.